The van der Waals surface area contributed by atoms with Crippen molar-refractivity contribution in [1.29, 1.82) is 0 Å². The molecule has 0 spiro atoms. The minimum Gasteiger partial charge on any atom is -0.466 e. The molecule has 0 fully saturated rings. The second kappa shape index (κ2) is 7.31. The van der Waals surface area contributed by atoms with E-state index in [0.717, 1.165) is 30.2 Å². The van der Waals surface area contributed by atoms with Gasteiger partial charge in [0, 0.05) is 6.04 Å². The summed E-state index contributed by atoms with van der Waals surface area (Å²) in [5.41, 5.74) is 1.05. The Labute approximate surface area is 125 Å². The first kappa shape index (κ1) is 15.6. The molecule has 0 saturated carbocycles. The van der Waals surface area contributed by atoms with E-state index < -0.39 is 0 Å². The van der Waals surface area contributed by atoms with E-state index in [2.05, 4.69) is 18.7 Å². The van der Waals surface area contributed by atoms with Crippen LogP contribution in [0.25, 0.3) is 0 Å². The molecule has 1 aromatic rings. The number of benzene rings is 1. The molecule has 0 aliphatic carbocycles. The first-order chi connectivity index (χ1) is 10.2. The molecular formula is C16H23NO4. The first-order valence-electron chi connectivity index (χ1n) is 7.48. The van der Waals surface area contributed by atoms with E-state index in [1.807, 2.05) is 25.1 Å². The zero-order valence-corrected chi connectivity index (χ0v) is 12.9. The maximum absolute atomic E-state index is 11.9. The number of esters is 1. The number of ether oxygens (including phenoxy) is 3. The van der Waals surface area contributed by atoms with Gasteiger partial charge in [-0.25, -0.2) is 0 Å². The first-order valence-corrected chi connectivity index (χ1v) is 7.48. The van der Waals surface area contributed by atoms with Crippen LogP contribution in [0.3, 0.4) is 0 Å². The highest BCUT2D eigenvalue weighted by atomic mass is 16.7. The van der Waals surface area contributed by atoms with Gasteiger partial charge in [-0.05, 0) is 37.7 Å². The molecule has 1 aliphatic rings. The van der Waals surface area contributed by atoms with Crippen molar-refractivity contribution in [3.63, 3.8) is 0 Å². The molecule has 2 rings (SSSR count). The zero-order valence-electron chi connectivity index (χ0n) is 12.9. The molecule has 1 aliphatic heterocycles. The van der Waals surface area contributed by atoms with Gasteiger partial charge in [0.25, 0.3) is 0 Å². The number of carbonyl (C=O) groups is 1. The van der Waals surface area contributed by atoms with Crippen LogP contribution in [-0.4, -0.2) is 37.4 Å². The molecule has 0 saturated heterocycles. The lowest BCUT2D eigenvalue weighted by atomic mass is 10.0. The van der Waals surface area contributed by atoms with Gasteiger partial charge in [-0.15, -0.1) is 0 Å². The van der Waals surface area contributed by atoms with Gasteiger partial charge in [-0.1, -0.05) is 19.9 Å². The zero-order chi connectivity index (χ0) is 15.2. The van der Waals surface area contributed by atoms with E-state index in [9.17, 15) is 4.79 Å². The summed E-state index contributed by atoms with van der Waals surface area (Å²) >= 11 is 0. The van der Waals surface area contributed by atoms with Crippen molar-refractivity contribution in [2.75, 3.05) is 26.5 Å². The lowest BCUT2D eigenvalue weighted by Gasteiger charge is -2.29. The number of hydrogen-bond acceptors (Lipinski definition) is 5. The Bertz CT molecular complexity index is 485. The molecule has 0 aromatic heterocycles. The molecule has 1 unspecified atom stereocenters. The third-order valence-electron chi connectivity index (χ3n) is 3.70. The summed E-state index contributed by atoms with van der Waals surface area (Å²) in [6.45, 7) is 8.41. The normalized spacial score (nSPS) is 14.3. The van der Waals surface area contributed by atoms with Crippen LogP contribution >= 0.6 is 0 Å². The summed E-state index contributed by atoms with van der Waals surface area (Å²) in [4.78, 5) is 14.1. The van der Waals surface area contributed by atoms with Crippen LogP contribution in [-0.2, 0) is 9.53 Å². The van der Waals surface area contributed by atoms with E-state index in [-0.39, 0.29) is 18.8 Å². The predicted molar refractivity (Wildman–Crippen MR) is 79.5 cm³/mol. The Morgan fingerprint density at radius 2 is 1.95 bits per heavy atom. The van der Waals surface area contributed by atoms with Gasteiger partial charge in [0.1, 0.15) is 0 Å². The van der Waals surface area contributed by atoms with E-state index in [1.165, 1.54) is 0 Å². The van der Waals surface area contributed by atoms with Crippen molar-refractivity contribution in [2.24, 2.45) is 0 Å². The molecule has 0 bridgehead atoms. The van der Waals surface area contributed by atoms with Crippen molar-refractivity contribution in [3.8, 4) is 11.5 Å². The average molecular weight is 293 g/mol. The molecule has 21 heavy (non-hydrogen) atoms. The fraction of sp³-hybridized carbons (Fsp3) is 0.562. The molecule has 5 nitrogen and oxygen atoms in total. The number of nitrogens with zero attached hydrogens (tertiary/aromatic N) is 1. The summed E-state index contributed by atoms with van der Waals surface area (Å²) in [6, 6.07) is 5.85. The molecule has 0 amide bonds. The van der Waals surface area contributed by atoms with Gasteiger partial charge in [0.05, 0.1) is 13.0 Å². The molecule has 1 heterocycles. The van der Waals surface area contributed by atoms with Crippen LogP contribution in [0.2, 0.25) is 0 Å². The quantitative estimate of drug-likeness (QED) is 0.723. The van der Waals surface area contributed by atoms with Crippen molar-refractivity contribution in [2.45, 2.75) is 33.2 Å². The van der Waals surface area contributed by atoms with Crippen LogP contribution in [0.4, 0.5) is 0 Å². The standard InChI is InChI=1S/C16H23NO4/c1-4-17(5-2)13(10-16(18)19-6-3)12-7-8-14-15(9-12)21-11-20-14/h7-9,13H,4-6,10-11H2,1-3H3. The summed E-state index contributed by atoms with van der Waals surface area (Å²) in [6.07, 6.45) is 0.342. The maximum Gasteiger partial charge on any atom is 0.307 e. The van der Waals surface area contributed by atoms with Crippen molar-refractivity contribution < 1.29 is 19.0 Å². The van der Waals surface area contributed by atoms with Crippen LogP contribution in [0.15, 0.2) is 18.2 Å². The van der Waals surface area contributed by atoms with E-state index in [0.29, 0.717) is 13.0 Å². The van der Waals surface area contributed by atoms with Gasteiger partial charge in [0.15, 0.2) is 11.5 Å². The highest BCUT2D eigenvalue weighted by molar-refractivity contribution is 5.70. The summed E-state index contributed by atoms with van der Waals surface area (Å²) in [7, 11) is 0. The predicted octanol–water partition coefficient (Wildman–Crippen LogP) is 2.75. The van der Waals surface area contributed by atoms with E-state index in [1.54, 1.807) is 0 Å². The number of hydrogen-bond donors (Lipinski definition) is 0. The van der Waals surface area contributed by atoms with E-state index >= 15 is 0 Å². The molecule has 0 N–H and O–H groups in total. The SMILES string of the molecule is CCOC(=O)CC(c1ccc2c(c1)OCO2)N(CC)CC. The Kier molecular flexibility index (Phi) is 5.44. The lowest BCUT2D eigenvalue weighted by Crippen LogP contribution is -2.30. The van der Waals surface area contributed by atoms with Crippen LogP contribution < -0.4 is 9.47 Å². The lowest BCUT2D eigenvalue weighted by molar-refractivity contribution is -0.144. The van der Waals surface area contributed by atoms with Crippen molar-refractivity contribution in [3.05, 3.63) is 23.8 Å². The fourth-order valence-electron chi connectivity index (χ4n) is 2.62. The largest absolute Gasteiger partial charge is 0.466 e. The Morgan fingerprint density at radius 3 is 2.62 bits per heavy atom. The minimum atomic E-state index is -0.174. The highest BCUT2D eigenvalue weighted by Crippen LogP contribution is 2.36. The molecule has 1 aromatic carbocycles. The highest BCUT2D eigenvalue weighted by Gasteiger charge is 2.24. The number of carbonyl (C=O) groups excluding carboxylic acids is 1. The van der Waals surface area contributed by atoms with Crippen molar-refractivity contribution >= 4 is 5.97 Å². The molecular weight excluding hydrogens is 270 g/mol. The van der Waals surface area contributed by atoms with Gasteiger partial charge in [-0.2, -0.15) is 0 Å². The van der Waals surface area contributed by atoms with Crippen LogP contribution in [0.5, 0.6) is 11.5 Å². The second-order valence-electron chi connectivity index (χ2n) is 4.86. The molecule has 1 atom stereocenters. The number of rotatable bonds is 7. The second-order valence-corrected chi connectivity index (χ2v) is 4.86. The maximum atomic E-state index is 11.9. The van der Waals surface area contributed by atoms with Gasteiger partial charge >= 0.3 is 5.97 Å². The Hall–Kier alpha value is -1.75. The fourth-order valence-corrected chi connectivity index (χ4v) is 2.62. The summed E-state index contributed by atoms with van der Waals surface area (Å²) in [5, 5.41) is 0. The third kappa shape index (κ3) is 3.67. The molecule has 5 heteroatoms. The average Bonchev–Trinajstić information content (AvgIpc) is 2.95. The topological polar surface area (TPSA) is 48.0 Å². The molecule has 0 radical (unpaired) electrons. The van der Waals surface area contributed by atoms with E-state index in [4.69, 9.17) is 14.2 Å². The van der Waals surface area contributed by atoms with Gasteiger partial charge in [-0.3, -0.25) is 9.69 Å². The van der Waals surface area contributed by atoms with Gasteiger partial charge < -0.3 is 14.2 Å². The number of fused-ring (bicyclic) bond motifs is 1. The van der Waals surface area contributed by atoms with Crippen LogP contribution in [0.1, 0.15) is 38.8 Å². The van der Waals surface area contributed by atoms with Gasteiger partial charge in [0.2, 0.25) is 6.79 Å². The monoisotopic (exact) mass is 293 g/mol. The Morgan fingerprint density at radius 1 is 1.24 bits per heavy atom. The minimum absolute atomic E-state index is 0.00597. The summed E-state index contributed by atoms with van der Waals surface area (Å²) in [5.74, 6) is 1.33. The van der Waals surface area contributed by atoms with Crippen molar-refractivity contribution in [1.82, 2.24) is 4.90 Å². The summed E-state index contributed by atoms with van der Waals surface area (Å²) < 4.78 is 15.9. The molecule has 116 valence electrons. The van der Waals surface area contributed by atoms with Crippen LogP contribution in [0, 0.1) is 0 Å². The smallest absolute Gasteiger partial charge is 0.307 e. The Balaban J connectivity index is 2.23. The third-order valence-corrected chi connectivity index (χ3v) is 3.70.